The van der Waals surface area contributed by atoms with Gasteiger partial charge >= 0.3 is 12.1 Å². The number of carboxylic acid groups (broad SMARTS) is 1. The zero-order valence-corrected chi connectivity index (χ0v) is 10.4. The Morgan fingerprint density at radius 1 is 1.56 bits per heavy atom. The molecule has 1 amide bonds. The molecule has 0 radical (unpaired) electrons. The highest BCUT2D eigenvalue weighted by atomic mass is 35.5. The summed E-state index contributed by atoms with van der Waals surface area (Å²) in [6.07, 6.45) is -1.18. The Bertz CT molecular complexity index is 491. The lowest BCUT2D eigenvalue weighted by Gasteiger charge is -2.23. The van der Waals surface area contributed by atoms with Gasteiger partial charge in [0, 0.05) is 10.9 Å². The maximum absolute atomic E-state index is 11.6. The Balaban J connectivity index is 2.32. The van der Waals surface area contributed by atoms with Crippen molar-refractivity contribution in [2.45, 2.75) is 18.9 Å². The van der Waals surface area contributed by atoms with Crippen LogP contribution < -0.4 is 0 Å². The van der Waals surface area contributed by atoms with Gasteiger partial charge in [0.05, 0.1) is 0 Å². The van der Waals surface area contributed by atoms with E-state index in [-0.39, 0.29) is 12.6 Å². The van der Waals surface area contributed by atoms with Crippen LogP contribution in [0.3, 0.4) is 0 Å². The Morgan fingerprint density at radius 3 is 2.83 bits per heavy atom. The van der Waals surface area contributed by atoms with Crippen molar-refractivity contribution in [3.05, 3.63) is 34.9 Å². The largest absolute Gasteiger partial charge is 0.465 e. The van der Waals surface area contributed by atoms with Crippen molar-refractivity contribution in [3.63, 3.8) is 0 Å². The molecule has 1 fully saturated rings. The highest BCUT2D eigenvalue weighted by Crippen LogP contribution is 2.31. The van der Waals surface area contributed by atoms with Crippen LogP contribution in [-0.2, 0) is 9.53 Å². The van der Waals surface area contributed by atoms with Gasteiger partial charge in [0.2, 0.25) is 0 Å². The van der Waals surface area contributed by atoms with Gasteiger partial charge in [-0.1, -0.05) is 36.7 Å². The van der Waals surface area contributed by atoms with E-state index in [1.54, 1.807) is 31.2 Å². The zero-order chi connectivity index (χ0) is 13.3. The quantitative estimate of drug-likeness (QED) is 0.837. The zero-order valence-electron chi connectivity index (χ0n) is 9.67. The summed E-state index contributed by atoms with van der Waals surface area (Å²) in [6, 6.07) is 6.21. The van der Waals surface area contributed by atoms with E-state index in [2.05, 4.69) is 0 Å². The lowest BCUT2D eigenvalue weighted by molar-refractivity contribution is -0.139. The van der Waals surface area contributed by atoms with E-state index in [4.69, 9.17) is 21.4 Å². The van der Waals surface area contributed by atoms with Gasteiger partial charge in [-0.15, -0.1) is 0 Å². The van der Waals surface area contributed by atoms with Gasteiger partial charge in [-0.05, 0) is 11.6 Å². The van der Waals surface area contributed by atoms with E-state index in [9.17, 15) is 9.59 Å². The third-order valence-electron chi connectivity index (χ3n) is 3.04. The fourth-order valence-corrected chi connectivity index (χ4v) is 2.40. The van der Waals surface area contributed by atoms with E-state index in [0.717, 1.165) is 10.5 Å². The summed E-state index contributed by atoms with van der Waals surface area (Å²) in [4.78, 5) is 23.7. The molecule has 0 spiro atoms. The number of hydrogen-bond donors (Lipinski definition) is 1. The molecule has 1 aromatic carbocycles. The van der Waals surface area contributed by atoms with E-state index in [1.165, 1.54) is 0 Å². The van der Waals surface area contributed by atoms with Crippen molar-refractivity contribution < 1.29 is 19.4 Å². The predicted octanol–water partition coefficient (Wildman–Crippen LogP) is 2.31. The van der Waals surface area contributed by atoms with Crippen molar-refractivity contribution in [1.29, 1.82) is 0 Å². The van der Waals surface area contributed by atoms with Crippen molar-refractivity contribution >= 4 is 23.7 Å². The molecular weight excluding hydrogens is 258 g/mol. The smallest absolute Gasteiger partial charge is 0.410 e. The van der Waals surface area contributed by atoms with Crippen LogP contribution >= 0.6 is 11.6 Å². The van der Waals surface area contributed by atoms with E-state index < -0.39 is 18.1 Å². The summed E-state index contributed by atoms with van der Waals surface area (Å²) in [5, 5.41) is 9.54. The van der Waals surface area contributed by atoms with E-state index in [1.807, 2.05) is 0 Å². The first kappa shape index (κ1) is 12.7. The van der Waals surface area contributed by atoms with Gasteiger partial charge in [-0.3, -0.25) is 4.90 Å². The third kappa shape index (κ3) is 2.13. The van der Waals surface area contributed by atoms with E-state index in [0.29, 0.717) is 5.02 Å². The Hall–Kier alpha value is -1.75. The van der Waals surface area contributed by atoms with Gasteiger partial charge in [0.25, 0.3) is 0 Å². The van der Waals surface area contributed by atoms with Crippen LogP contribution in [0.2, 0.25) is 5.02 Å². The summed E-state index contributed by atoms with van der Waals surface area (Å²) in [5.74, 6) is -0.894. The maximum atomic E-state index is 11.6. The van der Waals surface area contributed by atoms with Crippen LogP contribution in [0.25, 0.3) is 0 Å². The molecule has 1 aliphatic heterocycles. The number of ether oxygens (including phenoxy) is 1. The first-order chi connectivity index (χ1) is 8.52. The molecule has 2 unspecified atom stereocenters. The average molecular weight is 270 g/mol. The molecule has 0 aliphatic carbocycles. The third-order valence-corrected chi connectivity index (χ3v) is 3.38. The number of halogens is 1. The van der Waals surface area contributed by atoms with Crippen LogP contribution in [0.15, 0.2) is 24.3 Å². The van der Waals surface area contributed by atoms with Crippen LogP contribution in [0.1, 0.15) is 18.4 Å². The summed E-state index contributed by atoms with van der Waals surface area (Å²) in [5.41, 5.74) is 0.731. The Labute approximate surface area is 109 Å². The number of esters is 1. The molecule has 1 heterocycles. The number of amides is 1. The minimum atomic E-state index is -1.18. The number of benzene rings is 1. The monoisotopic (exact) mass is 269 g/mol. The molecule has 1 aromatic rings. The molecule has 6 heteroatoms. The van der Waals surface area contributed by atoms with Crippen LogP contribution in [0.5, 0.6) is 0 Å². The summed E-state index contributed by atoms with van der Waals surface area (Å²) in [6.45, 7) is 1.53. The minimum absolute atomic E-state index is 0.229. The second-order valence-corrected chi connectivity index (χ2v) is 4.51. The maximum Gasteiger partial charge on any atom is 0.410 e. The van der Waals surface area contributed by atoms with Gasteiger partial charge in [0.15, 0.2) is 6.73 Å². The Kier molecular flexibility index (Phi) is 3.43. The van der Waals surface area contributed by atoms with Gasteiger partial charge < -0.3 is 9.84 Å². The van der Waals surface area contributed by atoms with E-state index >= 15 is 0 Å². The van der Waals surface area contributed by atoms with Crippen molar-refractivity contribution in [2.24, 2.45) is 0 Å². The topological polar surface area (TPSA) is 66.8 Å². The highest BCUT2D eigenvalue weighted by Gasteiger charge is 2.42. The number of hydrogen-bond acceptors (Lipinski definition) is 3. The predicted molar refractivity (Wildman–Crippen MR) is 64.5 cm³/mol. The van der Waals surface area contributed by atoms with Crippen LogP contribution in [0, 0.1) is 0 Å². The van der Waals surface area contributed by atoms with Crippen molar-refractivity contribution in [2.75, 3.05) is 6.73 Å². The SMILES string of the molecule is CC(c1ccccc1Cl)C1C(=O)OCN1C(=O)O. The molecule has 5 nitrogen and oxygen atoms in total. The number of carbonyl (C=O) groups is 2. The number of nitrogens with zero attached hydrogens (tertiary/aromatic N) is 1. The highest BCUT2D eigenvalue weighted by molar-refractivity contribution is 6.31. The van der Waals surface area contributed by atoms with Crippen LogP contribution in [-0.4, -0.2) is 34.8 Å². The first-order valence-corrected chi connectivity index (χ1v) is 5.81. The molecule has 0 aromatic heterocycles. The minimum Gasteiger partial charge on any atom is -0.465 e. The first-order valence-electron chi connectivity index (χ1n) is 5.43. The number of cyclic esters (lactones) is 1. The molecular formula is C12H12ClNO4. The Morgan fingerprint density at radius 2 is 2.22 bits per heavy atom. The number of rotatable bonds is 2. The molecule has 0 saturated carbocycles. The molecule has 0 bridgehead atoms. The standard InChI is InChI=1S/C12H12ClNO4/c1-7(8-4-2-3-5-9(8)13)10-11(15)18-6-14(10)12(16)17/h2-5,7,10H,6H2,1H3,(H,16,17). The fraction of sp³-hybridized carbons (Fsp3) is 0.333. The normalized spacial score (nSPS) is 20.7. The summed E-state index contributed by atoms with van der Waals surface area (Å²) in [7, 11) is 0. The number of carbonyl (C=O) groups excluding carboxylic acids is 1. The van der Waals surface area contributed by atoms with Crippen LogP contribution in [0.4, 0.5) is 4.79 Å². The van der Waals surface area contributed by atoms with Gasteiger partial charge in [-0.2, -0.15) is 0 Å². The lowest BCUT2D eigenvalue weighted by atomic mass is 9.93. The molecule has 1 aliphatic rings. The van der Waals surface area contributed by atoms with Crippen molar-refractivity contribution in [1.82, 2.24) is 4.90 Å². The molecule has 1 N–H and O–H groups in total. The van der Waals surface area contributed by atoms with Crippen molar-refractivity contribution in [3.8, 4) is 0 Å². The lowest BCUT2D eigenvalue weighted by Crippen LogP contribution is -2.40. The second kappa shape index (κ2) is 4.86. The molecule has 18 heavy (non-hydrogen) atoms. The summed E-state index contributed by atoms with van der Waals surface area (Å²) >= 11 is 6.05. The summed E-state index contributed by atoms with van der Waals surface area (Å²) < 4.78 is 4.78. The average Bonchev–Trinajstić information content (AvgIpc) is 2.71. The fourth-order valence-electron chi connectivity index (χ4n) is 2.09. The molecule has 2 atom stereocenters. The second-order valence-electron chi connectivity index (χ2n) is 4.10. The molecule has 1 saturated heterocycles. The molecule has 2 rings (SSSR count). The van der Waals surface area contributed by atoms with Gasteiger partial charge in [0.1, 0.15) is 6.04 Å². The molecule has 96 valence electrons. The van der Waals surface area contributed by atoms with Gasteiger partial charge in [-0.25, -0.2) is 9.59 Å².